The van der Waals surface area contributed by atoms with Crippen molar-refractivity contribution < 1.29 is 9.90 Å². The second kappa shape index (κ2) is 4.47. The fourth-order valence-electron chi connectivity index (χ4n) is 2.21. The molecule has 1 aromatic rings. The third-order valence-electron chi connectivity index (χ3n) is 3.13. The van der Waals surface area contributed by atoms with Gasteiger partial charge in [-0.25, -0.2) is 0 Å². The first kappa shape index (κ1) is 10.2. The van der Waals surface area contributed by atoms with Crippen molar-refractivity contribution in [3.05, 3.63) is 29.8 Å². The van der Waals surface area contributed by atoms with E-state index in [1.165, 1.54) is 12.8 Å². The monoisotopic (exact) mass is 204 g/mol. The molecule has 0 radical (unpaired) electrons. The van der Waals surface area contributed by atoms with Gasteiger partial charge in [0.2, 0.25) is 0 Å². The Morgan fingerprint density at radius 1 is 1.20 bits per heavy atom. The largest absolute Gasteiger partial charge is 0.508 e. The van der Waals surface area contributed by atoms with Crippen LogP contribution in [-0.2, 0) is 11.2 Å². The summed E-state index contributed by atoms with van der Waals surface area (Å²) in [6.45, 7) is 0. The van der Waals surface area contributed by atoms with Gasteiger partial charge in [-0.3, -0.25) is 4.79 Å². The quantitative estimate of drug-likeness (QED) is 0.822. The van der Waals surface area contributed by atoms with Gasteiger partial charge in [0.05, 0.1) is 0 Å². The number of hydrogen-bond donors (Lipinski definition) is 1. The normalized spacial score (nSPS) is 16.8. The number of ketones is 1. The summed E-state index contributed by atoms with van der Waals surface area (Å²) in [4.78, 5) is 11.8. The summed E-state index contributed by atoms with van der Waals surface area (Å²) < 4.78 is 0. The zero-order chi connectivity index (χ0) is 10.7. The Hall–Kier alpha value is -1.31. The molecule has 0 heterocycles. The van der Waals surface area contributed by atoms with Gasteiger partial charge in [-0.1, -0.05) is 25.0 Å². The molecule has 0 spiro atoms. The number of hydrogen-bond acceptors (Lipinski definition) is 2. The Labute approximate surface area is 89.9 Å². The minimum Gasteiger partial charge on any atom is -0.508 e. The average Bonchev–Trinajstić information content (AvgIpc) is 2.74. The Balaban J connectivity index is 1.96. The van der Waals surface area contributed by atoms with E-state index in [4.69, 9.17) is 5.11 Å². The highest BCUT2D eigenvalue weighted by Crippen LogP contribution is 2.26. The minimum absolute atomic E-state index is 0.257. The summed E-state index contributed by atoms with van der Waals surface area (Å²) in [5.74, 6) is 0.907. The number of phenols is 1. The predicted molar refractivity (Wildman–Crippen MR) is 58.8 cm³/mol. The number of phenolic OH excluding ortho intramolecular Hbond substituents is 1. The molecule has 1 saturated carbocycles. The number of carbonyl (C=O) groups excluding carboxylic acids is 1. The molecule has 15 heavy (non-hydrogen) atoms. The standard InChI is InChI=1S/C13H16O2/c14-12-7-5-10(6-8-12)9-13(15)11-3-1-2-4-11/h5-8,11,14H,1-4,9H2. The molecule has 0 aliphatic heterocycles. The molecule has 80 valence electrons. The fourth-order valence-corrected chi connectivity index (χ4v) is 2.21. The number of carbonyl (C=O) groups is 1. The minimum atomic E-state index is 0.257. The van der Waals surface area contributed by atoms with Crippen molar-refractivity contribution in [2.45, 2.75) is 32.1 Å². The van der Waals surface area contributed by atoms with E-state index in [9.17, 15) is 4.79 Å². The Morgan fingerprint density at radius 3 is 2.40 bits per heavy atom. The molecule has 1 N–H and O–H groups in total. The van der Waals surface area contributed by atoms with Crippen LogP contribution >= 0.6 is 0 Å². The molecule has 0 aromatic heterocycles. The molecule has 2 rings (SSSR count). The molecule has 1 aromatic carbocycles. The molecule has 1 aliphatic rings. The van der Waals surface area contributed by atoms with Gasteiger partial charge in [-0.15, -0.1) is 0 Å². The molecule has 1 fully saturated rings. The van der Waals surface area contributed by atoms with E-state index < -0.39 is 0 Å². The first-order valence-corrected chi connectivity index (χ1v) is 5.56. The topological polar surface area (TPSA) is 37.3 Å². The van der Waals surface area contributed by atoms with E-state index in [1.807, 2.05) is 12.1 Å². The van der Waals surface area contributed by atoms with Gasteiger partial charge in [0.1, 0.15) is 11.5 Å². The third-order valence-corrected chi connectivity index (χ3v) is 3.13. The van der Waals surface area contributed by atoms with Crippen molar-refractivity contribution in [3.8, 4) is 5.75 Å². The van der Waals surface area contributed by atoms with Crippen molar-refractivity contribution in [3.63, 3.8) is 0 Å². The van der Waals surface area contributed by atoms with Gasteiger partial charge in [0.25, 0.3) is 0 Å². The lowest BCUT2D eigenvalue weighted by Crippen LogP contribution is -2.13. The van der Waals surface area contributed by atoms with Crippen LogP contribution in [0.3, 0.4) is 0 Å². The van der Waals surface area contributed by atoms with E-state index in [-0.39, 0.29) is 5.75 Å². The van der Waals surface area contributed by atoms with Gasteiger partial charge in [0, 0.05) is 12.3 Å². The zero-order valence-electron chi connectivity index (χ0n) is 8.78. The summed E-state index contributed by atoms with van der Waals surface area (Å²) in [5, 5.41) is 9.12. The van der Waals surface area contributed by atoms with E-state index in [0.717, 1.165) is 18.4 Å². The lowest BCUT2D eigenvalue weighted by Gasteiger charge is -2.07. The van der Waals surface area contributed by atoms with Gasteiger partial charge < -0.3 is 5.11 Å². The highest BCUT2D eigenvalue weighted by molar-refractivity contribution is 5.83. The molecule has 2 nitrogen and oxygen atoms in total. The van der Waals surface area contributed by atoms with E-state index in [1.54, 1.807) is 12.1 Å². The predicted octanol–water partition coefficient (Wildman–Crippen LogP) is 2.69. The number of Topliss-reactive ketones (excluding diaryl/α,β-unsaturated/α-hetero) is 1. The van der Waals surface area contributed by atoms with Crippen molar-refractivity contribution in [1.82, 2.24) is 0 Å². The number of rotatable bonds is 3. The van der Waals surface area contributed by atoms with Crippen LogP contribution in [0.25, 0.3) is 0 Å². The Bertz CT molecular complexity index is 334. The van der Waals surface area contributed by atoms with Crippen LogP contribution in [0.2, 0.25) is 0 Å². The Kier molecular flexibility index (Phi) is 3.05. The molecule has 0 unspecified atom stereocenters. The average molecular weight is 204 g/mol. The first-order chi connectivity index (χ1) is 7.25. The van der Waals surface area contributed by atoms with Crippen LogP contribution < -0.4 is 0 Å². The van der Waals surface area contributed by atoms with Gasteiger partial charge >= 0.3 is 0 Å². The highest BCUT2D eigenvalue weighted by Gasteiger charge is 2.22. The van der Waals surface area contributed by atoms with Crippen molar-refractivity contribution in [2.75, 3.05) is 0 Å². The fraction of sp³-hybridized carbons (Fsp3) is 0.462. The molecule has 0 bridgehead atoms. The van der Waals surface area contributed by atoms with E-state index in [2.05, 4.69) is 0 Å². The summed E-state index contributed by atoms with van der Waals surface area (Å²) in [6.07, 6.45) is 5.05. The smallest absolute Gasteiger partial charge is 0.140 e. The molecular formula is C13H16O2. The lowest BCUT2D eigenvalue weighted by atomic mass is 9.97. The number of benzene rings is 1. The maximum atomic E-state index is 11.8. The third kappa shape index (κ3) is 2.58. The second-order valence-electron chi connectivity index (χ2n) is 4.29. The second-order valence-corrected chi connectivity index (χ2v) is 4.29. The Morgan fingerprint density at radius 2 is 1.80 bits per heavy atom. The van der Waals surface area contributed by atoms with Crippen LogP contribution in [0.1, 0.15) is 31.2 Å². The van der Waals surface area contributed by atoms with Crippen molar-refractivity contribution in [2.24, 2.45) is 5.92 Å². The summed E-state index contributed by atoms with van der Waals surface area (Å²) in [7, 11) is 0. The van der Waals surface area contributed by atoms with Crippen LogP contribution in [0.15, 0.2) is 24.3 Å². The summed E-state index contributed by atoms with van der Waals surface area (Å²) >= 11 is 0. The summed E-state index contributed by atoms with van der Waals surface area (Å²) in [5.41, 5.74) is 1.00. The zero-order valence-corrected chi connectivity index (χ0v) is 8.78. The highest BCUT2D eigenvalue weighted by atomic mass is 16.3. The van der Waals surface area contributed by atoms with Crippen LogP contribution in [-0.4, -0.2) is 10.9 Å². The molecule has 0 saturated heterocycles. The molecular weight excluding hydrogens is 188 g/mol. The molecule has 0 amide bonds. The molecule has 0 atom stereocenters. The maximum absolute atomic E-state index is 11.8. The van der Waals surface area contributed by atoms with Crippen LogP contribution in [0, 0.1) is 5.92 Å². The van der Waals surface area contributed by atoms with Crippen LogP contribution in [0.5, 0.6) is 5.75 Å². The van der Waals surface area contributed by atoms with E-state index in [0.29, 0.717) is 18.1 Å². The van der Waals surface area contributed by atoms with Crippen molar-refractivity contribution in [1.29, 1.82) is 0 Å². The van der Waals surface area contributed by atoms with Crippen LogP contribution in [0.4, 0.5) is 0 Å². The summed E-state index contributed by atoms with van der Waals surface area (Å²) in [6, 6.07) is 6.92. The number of aromatic hydroxyl groups is 1. The molecule has 2 heteroatoms. The van der Waals surface area contributed by atoms with Gasteiger partial charge in [-0.05, 0) is 30.5 Å². The first-order valence-electron chi connectivity index (χ1n) is 5.56. The SMILES string of the molecule is O=C(Cc1ccc(O)cc1)C1CCCC1. The molecule has 1 aliphatic carbocycles. The van der Waals surface area contributed by atoms with Crippen molar-refractivity contribution >= 4 is 5.78 Å². The lowest BCUT2D eigenvalue weighted by molar-refractivity contribution is -0.122. The van der Waals surface area contributed by atoms with Gasteiger partial charge in [0.15, 0.2) is 0 Å². The maximum Gasteiger partial charge on any atom is 0.140 e. The van der Waals surface area contributed by atoms with Gasteiger partial charge in [-0.2, -0.15) is 0 Å². The van der Waals surface area contributed by atoms with E-state index >= 15 is 0 Å².